The summed E-state index contributed by atoms with van der Waals surface area (Å²) >= 11 is 1.37. The average molecular weight is 858 g/mol. The summed E-state index contributed by atoms with van der Waals surface area (Å²) < 4.78 is 0. The van der Waals surface area contributed by atoms with Crippen molar-refractivity contribution < 1.29 is 59.1 Å². The van der Waals surface area contributed by atoms with Crippen LogP contribution in [0.3, 0.4) is 0 Å². The zero-order chi connectivity index (χ0) is 44.7. The van der Waals surface area contributed by atoms with Gasteiger partial charge in [-0.15, -0.1) is 0 Å². The van der Waals surface area contributed by atoms with E-state index in [1.54, 1.807) is 18.4 Å². The second-order valence-corrected chi connectivity index (χ2v) is 15.0. The molecule has 0 fully saturated rings. The number of phenols is 1. The van der Waals surface area contributed by atoms with Gasteiger partial charge in [0.2, 0.25) is 35.4 Å². The van der Waals surface area contributed by atoms with Crippen LogP contribution in [0.25, 0.3) is 0 Å². The van der Waals surface area contributed by atoms with Crippen molar-refractivity contribution >= 4 is 53.2 Å². The lowest BCUT2D eigenvalue weighted by molar-refractivity contribution is -0.146. The number of carboxylic acids is 1. The molecule has 0 unspecified atom stereocenters. The summed E-state index contributed by atoms with van der Waals surface area (Å²) in [5, 5.41) is 63.5. The molecule has 22 heteroatoms. The molecule has 1 aromatic carbocycles. The van der Waals surface area contributed by atoms with Crippen molar-refractivity contribution in [1.29, 1.82) is 0 Å². The zero-order valence-corrected chi connectivity index (χ0v) is 34.5. The van der Waals surface area contributed by atoms with Crippen LogP contribution in [0.5, 0.6) is 5.75 Å². The van der Waals surface area contributed by atoms with E-state index >= 15 is 0 Å². The maximum atomic E-state index is 13.8. The first kappa shape index (κ1) is 52.4. The summed E-state index contributed by atoms with van der Waals surface area (Å²) in [5.74, 6) is -6.44. The van der Waals surface area contributed by atoms with Gasteiger partial charge in [-0.05, 0) is 108 Å². The van der Waals surface area contributed by atoms with Crippen molar-refractivity contribution in [3.05, 3.63) is 29.8 Å². The molecule has 9 atom stereocenters. The van der Waals surface area contributed by atoms with Crippen molar-refractivity contribution in [3.8, 4) is 5.75 Å². The number of aliphatic hydroxyl groups excluding tert-OH is 3. The Morgan fingerprint density at radius 1 is 0.627 bits per heavy atom. The number of carbonyl (C=O) groups excluding carboxylic acids is 6. The second-order valence-electron chi connectivity index (χ2n) is 14.0. The van der Waals surface area contributed by atoms with Crippen LogP contribution in [-0.4, -0.2) is 153 Å². The van der Waals surface area contributed by atoms with Crippen LogP contribution in [0.15, 0.2) is 24.3 Å². The summed E-state index contributed by atoms with van der Waals surface area (Å²) in [4.78, 5) is 91.8. The van der Waals surface area contributed by atoms with E-state index in [0.29, 0.717) is 37.0 Å². The standard InChI is InChI=1S/C37H63N9O12S/c1-20(48)29(36(56)46-30(21(2)49)37(57)58)45-34(54)26(9-5-7-16-39)42-32(52)25(8-4-6-15-38)41-33(53)27(14-17-59-3)43-35(55)28(19-47)44-31(51)24(40)18-22-10-12-23(50)13-11-22/h10-13,20-21,24-30,47-50H,4-9,14-19,38-40H2,1-3H3,(H,41,53)(H,42,52)(H,43,55)(H,44,51)(H,45,54)(H,46,56)(H,57,58)/t20-,21-,24+,25+,26+,27+,28+,29+,30+/m1/s1. The molecule has 1 rings (SSSR count). The quantitative estimate of drug-likeness (QED) is 0.0342. The number of aliphatic carboxylic acids is 1. The number of hydrogen-bond acceptors (Lipinski definition) is 15. The zero-order valence-electron chi connectivity index (χ0n) is 33.7. The fraction of sp³-hybridized carbons (Fsp3) is 0.649. The Bertz CT molecular complexity index is 1510. The third-order valence-electron chi connectivity index (χ3n) is 9.06. The fourth-order valence-electron chi connectivity index (χ4n) is 5.59. The molecule has 0 aliphatic heterocycles. The van der Waals surface area contributed by atoms with Gasteiger partial charge < -0.3 is 74.6 Å². The maximum Gasteiger partial charge on any atom is 0.328 e. The van der Waals surface area contributed by atoms with Crippen LogP contribution in [-0.2, 0) is 40.0 Å². The van der Waals surface area contributed by atoms with Crippen molar-refractivity contribution in [2.45, 2.75) is 120 Å². The summed E-state index contributed by atoms with van der Waals surface area (Å²) in [6.45, 7) is 1.99. The Morgan fingerprint density at radius 2 is 1.05 bits per heavy atom. The molecule has 0 aromatic heterocycles. The normalized spacial score (nSPS) is 15.7. The maximum absolute atomic E-state index is 13.8. The van der Waals surface area contributed by atoms with E-state index < -0.39 is 103 Å². The molecule has 0 saturated heterocycles. The molecule has 0 aliphatic carbocycles. The first-order chi connectivity index (χ1) is 27.9. The van der Waals surface area contributed by atoms with Crippen LogP contribution in [0.2, 0.25) is 0 Å². The van der Waals surface area contributed by atoms with Gasteiger partial charge in [0.25, 0.3) is 0 Å². The predicted molar refractivity (Wildman–Crippen MR) is 218 cm³/mol. The largest absolute Gasteiger partial charge is 0.508 e. The lowest BCUT2D eigenvalue weighted by atomic mass is 10.0. The van der Waals surface area contributed by atoms with Gasteiger partial charge in [0.15, 0.2) is 6.04 Å². The predicted octanol–water partition coefficient (Wildman–Crippen LogP) is -3.98. The number of amides is 6. The molecule has 17 N–H and O–H groups in total. The summed E-state index contributed by atoms with van der Waals surface area (Å²) in [5.41, 5.74) is 18.0. The summed E-state index contributed by atoms with van der Waals surface area (Å²) in [7, 11) is 0. The van der Waals surface area contributed by atoms with Gasteiger partial charge in [-0.25, -0.2) is 4.79 Å². The van der Waals surface area contributed by atoms with Gasteiger partial charge in [-0.1, -0.05) is 12.1 Å². The monoisotopic (exact) mass is 857 g/mol. The molecule has 334 valence electrons. The minimum absolute atomic E-state index is 0.0110. The SMILES string of the molecule is CSCC[C@H](NC(=O)[C@H](CO)NC(=O)[C@@H](N)Cc1ccc(O)cc1)C(=O)N[C@@H](CCCCN)C(=O)N[C@@H](CCCCN)C(=O)N[C@H](C(=O)N[C@H](C(=O)O)[C@@H](C)O)[C@@H](C)O. The van der Waals surface area contributed by atoms with Crippen LogP contribution >= 0.6 is 11.8 Å². The molecule has 0 saturated carbocycles. The van der Waals surface area contributed by atoms with Crippen molar-refractivity contribution in [3.63, 3.8) is 0 Å². The highest BCUT2D eigenvalue weighted by Crippen LogP contribution is 2.12. The number of aromatic hydroxyl groups is 1. The van der Waals surface area contributed by atoms with E-state index in [-0.39, 0.29) is 44.5 Å². The van der Waals surface area contributed by atoms with E-state index in [1.165, 1.54) is 30.8 Å². The minimum Gasteiger partial charge on any atom is -0.508 e. The first-order valence-corrected chi connectivity index (χ1v) is 20.7. The Balaban J connectivity index is 3.24. The molecule has 21 nitrogen and oxygen atoms in total. The van der Waals surface area contributed by atoms with Gasteiger partial charge in [-0.2, -0.15) is 11.8 Å². The lowest BCUT2D eigenvalue weighted by Gasteiger charge is -2.28. The minimum atomic E-state index is -1.75. The van der Waals surface area contributed by atoms with Crippen molar-refractivity contribution in [2.24, 2.45) is 17.2 Å². The fourth-order valence-corrected chi connectivity index (χ4v) is 6.06. The molecule has 0 aliphatic rings. The van der Waals surface area contributed by atoms with Crippen LogP contribution in [0, 0.1) is 0 Å². The molecule has 0 spiro atoms. The van der Waals surface area contributed by atoms with Gasteiger partial charge in [0.05, 0.1) is 24.9 Å². The average Bonchev–Trinajstić information content (AvgIpc) is 3.18. The number of nitrogens with one attached hydrogen (secondary N) is 6. The Labute approximate surface area is 347 Å². The van der Waals surface area contributed by atoms with Crippen molar-refractivity contribution in [1.82, 2.24) is 31.9 Å². The van der Waals surface area contributed by atoms with Crippen molar-refractivity contribution in [2.75, 3.05) is 31.7 Å². The first-order valence-electron chi connectivity index (χ1n) is 19.3. The number of carbonyl (C=O) groups is 7. The molecule has 0 radical (unpaired) electrons. The number of thioether (sulfide) groups is 1. The number of rotatable bonds is 29. The number of hydrogen-bond donors (Lipinski definition) is 14. The Morgan fingerprint density at radius 3 is 1.47 bits per heavy atom. The van der Waals surface area contributed by atoms with Gasteiger partial charge in [0.1, 0.15) is 36.0 Å². The number of phenolic OH excluding ortho intramolecular Hbond substituents is 1. The highest BCUT2D eigenvalue weighted by atomic mass is 32.2. The van der Waals surface area contributed by atoms with E-state index in [9.17, 15) is 59.1 Å². The molecule has 59 heavy (non-hydrogen) atoms. The number of benzene rings is 1. The Hall–Kier alpha value is -4.58. The third-order valence-corrected chi connectivity index (χ3v) is 9.70. The smallest absolute Gasteiger partial charge is 0.328 e. The summed E-state index contributed by atoms with van der Waals surface area (Å²) in [6.07, 6.45) is 0.517. The number of unbranched alkanes of at least 4 members (excludes halogenated alkanes) is 2. The Kier molecular flexibility index (Phi) is 24.9. The van der Waals surface area contributed by atoms with E-state index in [1.807, 2.05) is 0 Å². The van der Waals surface area contributed by atoms with Gasteiger partial charge in [-0.3, -0.25) is 28.8 Å². The summed E-state index contributed by atoms with van der Waals surface area (Å²) in [6, 6.07) is -3.92. The van der Waals surface area contributed by atoms with E-state index in [4.69, 9.17) is 17.2 Å². The number of nitrogens with two attached hydrogens (primary N) is 3. The molecular weight excluding hydrogens is 795 g/mol. The number of aliphatic hydroxyl groups is 3. The van der Waals surface area contributed by atoms with Crippen LogP contribution in [0.4, 0.5) is 0 Å². The lowest BCUT2D eigenvalue weighted by Crippen LogP contribution is -2.61. The molecular formula is C37H63N9O12S. The molecule has 0 heterocycles. The van der Waals surface area contributed by atoms with E-state index in [2.05, 4.69) is 31.9 Å². The topological polar surface area (TPSA) is 371 Å². The molecule has 0 bridgehead atoms. The molecule has 1 aromatic rings. The van der Waals surface area contributed by atoms with E-state index in [0.717, 1.165) is 6.92 Å². The number of carboxylic acid groups (broad SMARTS) is 1. The van der Waals surface area contributed by atoms with Gasteiger partial charge >= 0.3 is 5.97 Å². The van der Waals surface area contributed by atoms with Crippen LogP contribution < -0.4 is 49.1 Å². The van der Waals surface area contributed by atoms with Crippen LogP contribution in [0.1, 0.15) is 64.4 Å². The second kappa shape index (κ2) is 28.0. The van der Waals surface area contributed by atoms with Gasteiger partial charge in [0, 0.05) is 0 Å². The third kappa shape index (κ3) is 19.4. The molecule has 6 amide bonds. The highest BCUT2D eigenvalue weighted by Gasteiger charge is 2.35. The highest BCUT2D eigenvalue weighted by molar-refractivity contribution is 7.98.